The second kappa shape index (κ2) is 8.50. The molecule has 0 unspecified atom stereocenters. The summed E-state index contributed by atoms with van der Waals surface area (Å²) in [5.41, 5.74) is 0.417. The maximum Gasteiger partial charge on any atom is 0.311 e. The van der Waals surface area contributed by atoms with Gasteiger partial charge < -0.3 is 9.47 Å². The number of benzene rings is 2. The maximum absolute atomic E-state index is 12.6. The van der Waals surface area contributed by atoms with Crippen LogP contribution in [0.4, 0.5) is 0 Å². The number of para-hydroxylation sites is 1. The summed E-state index contributed by atoms with van der Waals surface area (Å²) in [6.45, 7) is 4.03. The molecule has 0 bridgehead atoms. The highest BCUT2D eigenvalue weighted by Crippen LogP contribution is 2.60. The Morgan fingerprint density at radius 3 is 2.29 bits per heavy atom. The first-order valence-corrected chi connectivity index (χ1v) is 10.4. The number of nitriles is 1. The minimum atomic E-state index is -0.952. The van der Waals surface area contributed by atoms with Crippen LogP contribution >= 0.6 is 31.9 Å². The quantitative estimate of drug-likeness (QED) is 0.422. The predicted octanol–water partition coefficient (Wildman–Crippen LogP) is 6.49. The Morgan fingerprint density at radius 2 is 1.71 bits per heavy atom. The van der Waals surface area contributed by atoms with Gasteiger partial charge in [0, 0.05) is 5.56 Å². The molecule has 6 heteroatoms. The number of halogens is 2. The molecule has 0 radical (unpaired) electrons. The highest BCUT2D eigenvalue weighted by molar-refractivity contribution is 9.28. The fraction of sp³-hybridized carbons (Fsp3) is 0.273. The van der Waals surface area contributed by atoms with Crippen molar-refractivity contribution in [3.63, 3.8) is 0 Å². The Labute approximate surface area is 181 Å². The lowest BCUT2D eigenvalue weighted by Gasteiger charge is -2.13. The number of rotatable bonds is 6. The zero-order chi connectivity index (χ0) is 20.3. The second-order valence-corrected chi connectivity index (χ2v) is 9.98. The van der Waals surface area contributed by atoms with Gasteiger partial charge in [-0.2, -0.15) is 5.26 Å². The Balaban J connectivity index is 1.66. The normalized spacial score (nSPS) is 20.4. The number of esters is 1. The van der Waals surface area contributed by atoms with E-state index in [1.165, 1.54) is 0 Å². The van der Waals surface area contributed by atoms with Gasteiger partial charge in [0.25, 0.3) is 0 Å². The molecule has 0 N–H and O–H groups in total. The molecule has 0 aromatic heterocycles. The van der Waals surface area contributed by atoms with Gasteiger partial charge in [0.1, 0.15) is 17.6 Å². The van der Waals surface area contributed by atoms with Gasteiger partial charge >= 0.3 is 5.97 Å². The first kappa shape index (κ1) is 20.6. The van der Waals surface area contributed by atoms with Crippen LogP contribution in [0.3, 0.4) is 0 Å². The van der Waals surface area contributed by atoms with Crippen LogP contribution in [-0.4, -0.2) is 5.97 Å². The molecule has 1 aliphatic carbocycles. The predicted molar refractivity (Wildman–Crippen MR) is 114 cm³/mol. The SMILES string of the molecule is CC1(C)[C@H](C=C(Br)Br)[C@H]1C(=O)O[C@@H](C#N)c1ccc(Oc2ccccc2)cc1. The standard InChI is InChI=1S/C22H19Br2NO3/c1-22(2)17(12-19(23)24)20(22)21(26)28-18(13-25)14-8-10-16(11-9-14)27-15-6-4-3-5-7-15/h3-12,17-18,20H,1-2H3/t17-,18+,20+/m1/s1. The molecule has 4 nitrogen and oxygen atoms in total. The van der Waals surface area contributed by atoms with E-state index in [-0.39, 0.29) is 23.2 Å². The summed E-state index contributed by atoms with van der Waals surface area (Å²) in [5, 5.41) is 9.49. The second-order valence-electron chi connectivity index (χ2n) is 7.21. The molecule has 0 aliphatic heterocycles. The minimum Gasteiger partial charge on any atom is -0.457 e. The van der Waals surface area contributed by atoms with Crippen molar-refractivity contribution in [3.05, 3.63) is 69.6 Å². The minimum absolute atomic E-state index is 0.0646. The van der Waals surface area contributed by atoms with E-state index in [4.69, 9.17) is 9.47 Å². The number of ether oxygens (including phenoxy) is 2. The Morgan fingerprint density at radius 1 is 1.11 bits per heavy atom. The van der Waals surface area contributed by atoms with Crippen LogP contribution < -0.4 is 4.74 Å². The van der Waals surface area contributed by atoms with Gasteiger partial charge in [0.15, 0.2) is 0 Å². The van der Waals surface area contributed by atoms with E-state index >= 15 is 0 Å². The molecule has 3 atom stereocenters. The topological polar surface area (TPSA) is 59.3 Å². The Hall–Kier alpha value is -2.10. The van der Waals surface area contributed by atoms with Crippen molar-refractivity contribution in [2.24, 2.45) is 17.3 Å². The first-order chi connectivity index (χ1) is 13.3. The van der Waals surface area contributed by atoms with Gasteiger partial charge in [0.05, 0.1) is 9.31 Å². The van der Waals surface area contributed by atoms with Crippen molar-refractivity contribution in [1.29, 1.82) is 5.26 Å². The van der Waals surface area contributed by atoms with Crippen molar-refractivity contribution < 1.29 is 14.3 Å². The van der Waals surface area contributed by atoms with Gasteiger partial charge in [-0.25, -0.2) is 0 Å². The van der Waals surface area contributed by atoms with E-state index < -0.39 is 6.10 Å². The van der Waals surface area contributed by atoms with Crippen LogP contribution in [0.15, 0.2) is 64.1 Å². The zero-order valence-electron chi connectivity index (χ0n) is 15.4. The summed E-state index contributed by atoms with van der Waals surface area (Å²) in [6, 6.07) is 18.5. The lowest BCUT2D eigenvalue weighted by molar-refractivity contribution is -0.149. The highest BCUT2D eigenvalue weighted by Gasteiger charge is 2.61. The molecule has 1 saturated carbocycles. The maximum atomic E-state index is 12.6. The van der Waals surface area contributed by atoms with E-state index in [1.54, 1.807) is 24.3 Å². The summed E-state index contributed by atoms with van der Waals surface area (Å²) in [4.78, 5) is 12.6. The molecular weight excluding hydrogens is 486 g/mol. The average molecular weight is 505 g/mol. The number of hydrogen-bond donors (Lipinski definition) is 0. The zero-order valence-corrected chi connectivity index (χ0v) is 18.6. The summed E-state index contributed by atoms with van der Waals surface area (Å²) < 4.78 is 12.1. The molecule has 0 heterocycles. The monoisotopic (exact) mass is 503 g/mol. The Kier molecular flexibility index (Phi) is 6.26. The molecule has 2 aromatic rings. The third-order valence-corrected chi connectivity index (χ3v) is 5.51. The van der Waals surface area contributed by atoms with Crippen LogP contribution in [0.25, 0.3) is 0 Å². The molecule has 2 aromatic carbocycles. The summed E-state index contributed by atoms with van der Waals surface area (Å²) >= 11 is 6.67. The molecule has 1 aliphatic rings. The van der Waals surface area contributed by atoms with Crippen molar-refractivity contribution in [3.8, 4) is 17.6 Å². The van der Waals surface area contributed by atoms with Gasteiger partial charge in [-0.3, -0.25) is 4.79 Å². The van der Waals surface area contributed by atoms with Gasteiger partial charge in [-0.15, -0.1) is 0 Å². The summed E-state index contributed by atoms with van der Waals surface area (Å²) in [7, 11) is 0. The van der Waals surface area contributed by atoms with Crippen LogP contribution in [-0.2, 0) is 9.53 Å². The molecule has 0 saturated heterocycles. The molecular formula is C22H19Br2NO3. The lowest BCUT2D eigenvalue weighted by atomic mass is 10.1. The first-order valence-electron chi connectivity index (χ1n) is 8.78. The lowest BCUT2D eigenvalue weighted by Crippen LogP contribution is -2.14. The fourth-order valence-electron chi connectivity index (χ4n) is 3.27. The smallest absolute Gasteiger partial charge is 0.311 e. The number of allylic oxidation sites excluding steroid dienone is 1. The third-order valence-electron chi connectivity index (χ3n) is 4.98. The summed E-state index contributed by atoms with van der Waals surface area (Å²) in [6.07, 6.45) is 0.995. The van der Waals surface area contributed by atoms with E-state index in [0.717, 1.165) is 9.14 Å². The third kappa shape index (κ3) is 4.65. The van der Waals surface area contributed by atoms with Crippen molar-refractivity contribution in [2.45, 2.75) is 20.0 Å². The largest absolute Gasteiger partial charge is 0.457 e. The summed E-state index contributed by atoms with van der Waals surface area (Å²) in [5.74, 6) is 0.813. The number of nitrogens with zero attached hydrogens (tertiary/aromatic N) is 1. The molecule has 3 rings (SSSR count). The van der Waals surface area contributed by atoms with Gasteiger partial charge in [0.2, 0.25) is 6.10 Å². The fourth-order valence-corrected chi connectivity index (χ4v) is 3.84. The van der Waals surface area contributed by atoms with E-state index in [9.17, 15) is 10.1 Å². The van der Waals surface area contributed by atoms with Crippen LogP contribution in [0.5, 0.6) is 11.5 Å². The molecule has 144 valence electrons. The molecule has 0 amide bonds. The van der Waals surface area contributed by atoms with E-state index in [0.29, 0.717) is 11.3 Å². The molecule has 1 fully saturated rings. The van der Waals surface area contributed by atoms with E-state index in [1.807, 2.05) is 50.3 Å². The van der Waals surface area contributed by atoms with Crippen molar-refractivity contribution in [1.82, 2.24) is 0 Å². The highest BCUT2D eigenvalue weighted by atomic mass is 79.9. The average Bonchev–Trinajstić information content (AvgIpc) is 3.20. The number of hydrogen-bond acceptors (Lipinski definition) is 4. The number of carbonyl (C=O) groups is 1. The van der Waals surface area contributed by atoms with Crippen LogP contribution in [0.1, 0.15) is 25.5 Å². The van der Waals surface area contributed by atoms with Gasteiger partial charge in [-0.05, 0) is 67.5 Å². The molecule has 28 heavy (non-hydrogen) atoms. The van der Waals surface area contributed by atoms with Crippen LogP contribution in [0.2, 0.25) is 0 Å². The molecule has 0 spiro atoms. The van der Waals surface area contributed by atoms with Crippen LogP contribution in [0, 0.1) is 28.6 Å². The Bertz CT molecular complexity index is 913. The van der Waals surface area contributed by atoms with Gasteiger partial charge in [-0.1, -0.05) is 50.3 Å². The van der Waals surface area contributed by atoms with Crippen molar-refractivity contribution in [2.75, 3.05) is 0 Å². The van der Waals surface area contributed by atoms with Crippen molar-refractivity contribution >= 4 is 37.8 Å². The van der Waals surface area contributed by atoms with E-state index in [2.05, 4.69) is 37.9 Å². The number of carbonyl (C=O) groups excluding carboxylic acids is 1.